The maximum absolute atomic E-state index is 12.9. The molecule has 2 unspecified atom stereocenters. The number of benzene rings is 1. The van der Waals surface area contributed by atoms with Crippen LogP contribution in [0.2, 0.25) is 0 Å². The summed E-state index contributed by atoms with van der Waals surface area (Å²) in [7, 11) is -2.17. The van der Waals surface area contributed by atoms with Crippen LogP contribution >= 0.6 is 15.9 Å². The molecule has 1 fully saturated rings. The number of piperidine rings is 1. The van der Waals surface area contributed by atoms with Gasteiger partial charge in [0.25, 0.3) is 5.91 Å². The van der Waals surface area contributed by atoms with Crippen molar-refractivity contribution in [2.45, 2.75) is 25.2 Å². The summed E-state index contributed by atoms with van der Waals surface area (Å²) in [5.41, 5.74) is 0.371. The Bertz CT molecular complexity index is 713. The Morgan fingerprint density at radius 2 is 1.96 bits per heavy atom. The van der Waals surface area contributed by atoms with E-state index in [-0.39, 0.29) is 24.0 Å². The molecule has 0 aromatic heterocycles. The van der Waals surface area contributed by atoms with Crippen molar-refractivity contribution in [1.82, 2.24) is 9.62 Å². The molecule has 0 radical (unpaired) electrons. The highest BCUT2D eigenvalue weighted by molar-refractivity contribution is 9.10. The van der Waals surface area contributed by atoms with Gasteiger partial charge in [-0.3, -0.25) is 4.79 Å². The minimum atomic E-state index is -3.68. The maximum atomic E-state index is 12.9. The SMILES string of the molecule is COCCNS(=O)(=O)c1ccc(Br)c(C(=O)N2CC(C)CC(C)C2)c1. The van der Waals surface area contributed by atoms with Gasteiger partial charge in [0.2, 0.25) is 10.0 Å². The summed E-state index contributed by atoms with van der Waals surface area (Å²) < 4.78 is 32.7. The number of ether oxygens (including phenoxy) is 1. The highest BCUT2D eigenvalue weighted by atomic mass is 79.9. The summed E-state index contributed by atoms with van der Waals surface area (Å²) in [6.45, 7) is 6.11. The minimum absolute atomic E-state index is 0.0771. The first-order valence-electron chi connectivity index (χ1n) is 8.32. The van der Waals surface area contributed by atoms with E-state index < -0.39 is 10.0 Å². The third kappa shape index (κ3) is 5.26. The number of hydrogen-bond acceptors (Lipinski definition) is 4. The Morgan fingerprint density at radius 1 is 1.32 bits per heavy atom. The summed E-state index contributed by atoms with van der Waals surface area (Å²) in [6.07, 6.45) is 1.10. The number of carbonyl (C=O) groups excluding carboxylic acids is 1. The van der Waals surface area contributed by atoms with E-state index >= 15 is 0 Å². The summed E-state index contributed by atoms with van der Waals surface area (Å²) in [5, 5.41) is 0. The highest BCUT2D eigenvalue weighted by Crippen LogP contribution is 2.26. The number of sulfonamides is 1. The number of halogens is 1. The first-order valence-corrected chi connectivity index (χ1v) is 10.6. The van der Waals surface area contributed by atoms with Gasteiger partial charge < -0.3 is 9.64 Å². The van der Waals surface area contributed by atoms with Gasteiger partial charge in [-0.2, -0.15) is 0 Å². The van der Waals surface area contributed by atoms with Gasteiger partial charge in [-0.1, -0.05) is 13.8 Å². The first kappa shape index (κ1) is 20.4. The number of nitrogens with one attached hydrogen (secondary N) is 1. The number of rotatable bonds is 6. The summed E-state index contributed by atoms with van der Waals surface area (Å²) in [6, 6.07) is 4.53. The molecule has 2 atom stereocenters. The molecule has 0 saturated carbocycles. The first-order chi connectivity index (χ1) is 11.7. The van der Waals surface area contributed by atoms with Gasteiger partial charge in [-0.05, 0) is 52.4 Å². The topological polar surface area (TPSA) is 75.7 Å². The Kier molecular flexibility index (Phi) is 7.01. The zero-order chi connectivity index (χ0) is 18.6. The molecule has 1 aromatic carbocycles. The molecule has 1 amide bonds. The van der Waals surface area contributed by atoms with E-state index in [9.17, 15) is 13.2 Å². The number of hydrogen-bond donors (Lipinski definition) is 1. The fourth-order valence-electron chi connectivity index (χ4n) is 3.20. The Hall–Kier alpha value is -0.960. The van der Waals surface area contributed by atoms with Crippen LogP contribution in [0.4, 0.5) is 0 Å². The number of carbonyl (C=O) groups is 1. The van der Waals surface area contributed by atoms with E-state index in [4.69, 9.17) is 4.74 Å². The normalized spacial score (nSPS) is 21.4. The zero-order valence-electron chi connectivity index (χ0n) is 14.8. The third-order valence-electron chi connectivity index (χ3n) is 4.23. The Balaban J connectivity index is 2.25. The smallest absolute Gasteiger partial charge is 0.255 e. The van der Waals surface area contributed by atoms with Gasteiger partial charge >= 0.3 is 0 Å². The van der Waals surface area contributed by atoms with Crippen LogP contribution in [0, 0.1) is 11.8 Å². The van der Waals surface area contributed by atoms with Crippen molar-refractivity contribution in [2.24, 2.45) is 11.8 Å². The molecule has 25 heavy (non-hydrogen) atoms. The number of likely N-dealkylation sites (tertiary alicyclic amines) is 1. The summed E-state index contributed by atoms with van der Waals surface area (Å²) in [5.74, 6) is 0.738. The highest BCUT2D eigenvalue weighted by Gasteiger charge is 2.28. The quantitative estimate of drug-likeness (QED) is 0.700. The van der Waals surface area contributed by atoms with Gasteiger partial charge in [0.15, 0.2) is 0 Å². The zero-order valence-corrected chi connectivity index (χ0v) is 17.2. The molecule has 0 aliphatic carbocycles. The summed E-state index contributed by atoms with van der Waals surface area (Å²) >= 11 is 3.38. The van der Waals surface area contributed by atoms with Crippen molar-refractivity contribution >= 4 is 31.9 Å². The monoisotopic (exact) mass is 432 g/mol. The van der Waals surface area contributed by atoms with Gasteiger partial charge in [0.1, 0.15) is 0 Å². The molecule has 1 aliphatic heterocycles. The molecule has 1 aromatic rings. The molecule has 2 rings (SSSR count). The van der Waals surface area contributed by atoms with E-state index in [2.05, 4.69) is 34.5 Å². The van der Waals surface area contributed by atoms with E-state index in [1.165, 1.54) is 19.2 Å². The van der Waals surface area contributed by atoms with Crippen LogP contribution in [-0.2, 0) is 14.8 Å². The van der Waals surface area contributed by atoms with Crippen LogP contribution in [-0.4, -0.2) is 52.6 Å². The average Bonchev–Trinajstić information content (AvgIpc) is 2.53. The lowest BCUT2D eigenvalue weighted by molar-refractivity contribution is 0.0622. The average molecular weight is 433 g/mol. The van der Waals surface area contributed by atoms with Crippen LogP contribution in [0.25, 0.3) is 0 Å². The molecule has 8 heteroatoms. The standard InChI is InChI=1S/C17H25BrN2O4S/c1-12-8-13(2)11-20(10-12)17(21)15-9-14(4-5-16(15)18)25(22,23)19-6-7-24-3/h4-5,9,12-13,19H,6-8,10-11H2,1-3H3. The fourth-order valence-corrected chi connectivity index (χ4v) is 4.65. The van der Waals surface area contributed by atoms with Gasteiger partial charge in [0.05, 0.1) is 17.1 Å². The van der Waals surface area contributed by atoms with E-state index in [0.717, 1.165) is 6.42 Å². The minimum Gasteiger partial charge on any atom is -0.383 e. The summed E-state index contributed by atoms with van der Waals surface area (Å²) in [4.78, 5) is 14.8. The Morgan fingerprint density at radius 3 is 2.56 bits per heavy atom. The largest absolute Gasteiger partial charge is 0.383 e. The third-order valence-corrected chi connectivity index (χ3v) is 6.38. The second-order valence-electron chi connectivity index (χ2n) is 6.69. The molecule has 0 bridgehead atoms. The predicted octanol–water partition coefficient (Wildman–Crippen LogP) is 2.49. The van der Waals surface area contributed by atoms with Gasteiger partial charge in [0, 0.05) is 31.2 Å². The molecule has 0 spiro atoms. The lowest BCUT2D eigenvalue weighted by Crippen LogP contribution is -2.42. The van der Waals surface area contributed by atoms with E-state index in [1.807, 2.05) is 4.90 Å². The second-order valence-corrected chi connectivity index (χ2v) is 9.31. The van der Waals surface area contributed by atoms with E-state index in [0.29, 0.717) is 35.0 Å². The van der Waals surface area contributed by atoms with Crippen molar-refractivity contribution in [2.75, 3.05) is 33.4 Å². The van der Waals surface area contributed by atoms with Crippen molar-refractivity contribution in [3.63, 3.8) is 0 Å². The maximum Gasteiger partial charge on any atom is 0.255 e. The lowest BCUT2D eigenvalue weighted by atomic mass is 9.91. The van der Waals surface area contributed by atoms with Crippen LogP contribution in [0.5, 0.6) is 0 Å². The van der Waals surface area contributed by atoms with Crippen molar-refractivity contribution in [1.29, 1.82) is 0 Å². The van der Waals surface area contributed by atoms with Crippen LogP contribution < -0.4 is 4.72 Å². The molecule has 140 valence electrons. The van der Waals surface area contributed by atoms with Crippen molar-refractivity contribution in [3.05, 3.63) is 28.2 Å². The molecule has 1 saturated heterocycles. The van der Waals surface area contributed by atoms with Crippen LogP contribution in [0.1, 0.15) is 30.6 Å². The molecular weight excluding hydrogens is 408 g/mol. The fraction of sp³-hybridized carbons (Fsp3) is 0.588. The predicted molar refractivity (Wildman–Crippen MR) is 100 cm³/mol. The number of nitrogens with zero attached hydrogens (tertiary/aromatic N) is 1. The van der Waals surface area contributed by atoms with Gasteiger partial charge in [-0.25, -0.2) is 13.1 Å². The molecule has 6 nitrogen and oxygen atoms in total. The van der Waals surface area contributed by atoms with Crippen LogP contribution in [0.15, 0.2) is 27.6 Å². The Labute approximate surface area is 158 Å². The molecular formula is C17H25BrN2O4S. The number of methoxy groups -OCH3 is 1. The van der Waals surface area contributed by atoms with Gasteiger partial charge in [-0.15, -0.1) is 0 Å². The van der Waals surface area contributed by atoms with Crippen molar-refractivity contribution < 1.29 is 17.9 Å². The van der Waals surface area contributed by atoms with E-state index in [1.54, 1.807) is 6.07 Å². The molecule has 1 heterocycles. The van der Waals surface area contributed by atoms with Crippen molar-refractivity contribution in [3.8, 4) is 0 Å². The van der Waals surface area contributed by atoms with Crippen LogP contribution in [0.3, 0.4) is 0 Å². The second kappa shape index (κ2) is 8.62. The lowest BCUT2D eigenvalue weighted by Gasteiger charge is -2.35. The molecule has 1 N–H and O–H groups in total. The molecule has 1 aliphatic rings. The number of amides is 1.